The first-order valence-electron chi connectivity index (χ1n) is 10.3. The molecule has 1 unspecified atom stereocenters. The number of hydrogen-bond acceptors (Lipinski definition) is 4. The van der Waals surface area contributed by atoms with Crippen LogP contribution in [0.1, 0.15) is 49.5 Å². The van der Waals surface area contributed by atoms with Gasteiger partial charge in [-0.1, -0.05) is 0 Å². The molecule has 1 atom stereocenters. The molecule has 8 nitrogen and oxygen atoms in total. The molecule has 4 amide bonds. The van der Waals surface area contributed by atoms with E-state index in [0.29, 0.717) is 30.9 Å². The van der Waals surface area contributed by atoms with Gasteiger partial charge in [0, 0.05) is 45.0 Å². The van der Waals surface area contributed by atoms with Gasteiger partial charge in [-0.05, 0) is 70.2 Å². The Morgan fingerprint density at radius 2 is 1.97 bits per heavy atom. The van der Waals surface area contributed by atoms with Gasteiger partial charge in [0.1, 0.15) is 5.60 Å². The van der Waals surface area contributed by atoms with Crippen molar-refractivity contribution in [3.8, 4) is 0 Å². The van der Waals surface area contributed by atoms with E-state index in [9.17, 15) is 14.4 Å². The highest BCUT2D eigenvalue weighted by molar-refractivity contribution is 5.96. The number of amides is 4. The first-order valence-corrected chi connectivity index (χ1v) is 10.3. The Labute approximate surface area is 178 Å². The number of rotatable bonds is 4. The molecule has 0 bridgehead atoms. The van der Waals surface area contributed by atoms with Gasteiger partial charge in [0.05, 0.1) is 0 Å². The molecule has 166 valence electrons. The van der Waals surface area contributed by atoms with E-state index >= 15 is 0 Å². The SMILES string of the molecule is CNC(=O)c1ccc(NC(=O)N2CCCC(CN(C)C(=O)OC(C)(C)C)C2)c(C)c1. The van der Waals surface area contributed by atoms with Gasteiger partial charge in [-0.15, -0.1) is 0 Å². The third kappa shape index (κ3) is 6.64. The summed E-state index contributed by atoms with van der Waals surface area (Å²) in [7, 11) is 3.31. The number of aryl methyl sites for hydroxylation is 1. The van der Waals surface area contributed by atoms with E-state index in [0.717, 1.165) is 18.4 Å². The van der Waals surface area contributed by atoms with Gasteiger partial charge in [0.2, 0.25) is 0 Å². The average molecular weight is 419 g/mol. The lowest BCUT2D eigenvalue weighted by Crippen LogP contribution is -2.46. The number of nitrogens with zero attached hydrogens (tertiary/aromatic N) is 2. The molecule has 0 radical (unpaired) electrons. The van der Waals surface area contributed by atoms with Crippen LogP contribution >= 0.6 is 0 Å². The van der Waals surface area contributed by atoms with E-state index in [4.69, 9.17) is 4.74 Å². The third-order valence-electron chi connectivity index (χ3n) is 5.00. The maximum Gasteiger partial charge on any atom is 0.410 e. The summed E-state index contributed by atoms with van der Waals surface area (Å²) in [6, 6.07) is 5.02. The second-order valence-corrected chi connectivity index (χ2v) is 8.85. The largest absolute Gasteiger partial charge is 0.444 e. The average Bonchev–Trinajstić information content (AvgIpc) is 2.67. The van der Waals surface area contributed by atoms with Crippen molar-refractivity contribution in [1.82, 2.24) is 15.1 Å². The zero-order chi connectivity index (χ0) is 22.5. The third-order valence-corrected chi connectivity index (χ3v) is 5.00. The standard InChI is InChI=1S/C22H34N4O4/c1-15-12-17(19(27)23-5)9-10-18(15)24-20(28)26-11-7-8-16(14-26)13-25(6)21(29)30-22(2,3)4/h9-10,12,16H,7-8,11,13-14H2,1-6H3,(H,23,27)(H,24,28). The van der Waals surface area contributed by atoms with Gasteiger partial charge in [-0.25, -0.2) is 9.59 Å². The molecular weight excluding hydrogens is 384 g/mol. The molecule has 0 spiro atoms. The highest BCUT2D eigenvalue weighted by Crippen LogP contribution is 2.21. The minimum atomic E-state index is -0.533. The summed E-state index contributed by atoms with van der Waals surface area (Å²) in [6.45, 7) is 9.18. The highest BCUT2D eigenvalue weighted by Gasteiger charge is 2.27. The maximum atomic E-state index is 12.8. The van der Waals surface area contributed by atoms with Crippen molar-refractivity contribution < 1.29 is 19.1 Å². The van der Waals surface area contributed by atoms with E-state index in [-0.39, 0.29) is 23.9 Å². The smallest absolute Gasteiger partial charge is 0.410 e. The van der Waals surface area contributed by atoms with Crippen molar-refractivity contribution in [2.75, 3.05) is 39.0 Å². The van der Waals surface area contributed by atoms with Gasteiger partial charge in [0.25, 0.3) is 5.91 Å². The molecule has 2 rings (SSSR count). The van der Waals surface area contributed by atoms with Crippen molar-refractivity contribution in [3.05, 3.63) is 29.3 Å². The Balaban J connectivity index is 1.94. The maximum absolute atomic E-state index is 12.8. The number of carbonyl (C=O) groups excluding carboxylic acids is 3. The Bertz CT molecular complexity index is 788. The summed E-state index contributed by atoms with van der Waals surface area (Å²) in [5, 5.41) is 5.53. The summed E-state index contributed by atoms with van der Waals surface area (Å²) >= 11 is 0. The van der Waals surface area contributed by atoms with Crippen LogP contribution in [0.2, 0.25) is 0 Å². The van der Waals surface area contributed by atoms with Crippen LogP contribution in [-0.2, 0) is 4.74 Å². The van der Waals surface area contributed by atoms with Crippen LogP contribution in [0.5, 0.6) is 0 Å². The second-order valence-electron chi connectivity index (χ2n) is 8.85. The fourth-order valence-corrected chi connectivity index (χ4v) is 3.48. The molecular formula is C22H34N4O4. The zero-order valence-electron chi connectivity index (χ0n) is 18.9. The van der Waals surface area contributed by atoms with Crippen LogP contribution in [0, 0.1) is 12.8 Å². The first-order chi connectivity index (χ1) is 14.0. The number of urea groups is 1. The molecule has 30 heavy (non-hydrogen) atoms. The number of nitrogens with one attached hydrogen (secondary N) is 2. The van der Waals surface area contributed by atoms with Gasteiger partial charge in [-0.3, -0.25) is 4.79 Å². The quantitative estimate of drug-likeness (QED) is 0.783. The predicted molar refractivity (Wildman–Crippen MR) is 117 cm³/mol. The molecule has 2 N–H and O–H groups in total. The van der Waals surface area contributed by atoms with Gasteiger partial charge in [-0.2, -0.15) is 0 Å². The van der Waals surface area contributed by atoms with Crippen molar-refractivity contribution in [2.24, 2.45) is 5.92 Å². The Hall–Kier alpha value is -2.77. The molecule has 0 aliphatic carbocycles. The Kier molecular flexibility index (Phi) is 7.70. The molecule has 1 aromatic carbocycles. The summed E-state index contributed by atoms with van der Waals surface area (Å²) in [4.78, 5) is 40.1. The minimum Gasteiger partial charge on any atom is -0.444 e. The van der Waals surface area contributed by atoms with E-state index in [1.165, 1.54) is 0 Å². The summed E-state index contributed by atoms with van der Waals surface area (Å²) in [5.74, 6) is 0.0303. The summed E-state index contributed by atoms with van der Waals surface area (Å²) in [6.07, 6.45) is 1.49. The number of ether oxygens (including phenoxy) is 1. The van der Waals surface area contributed by atoms with Crippen LogP contribution in [0.3, 0.4) is 0 Å². The van der Waals surface area contributed by atoms with E-state index in [1.807, 2.05) is 27.7 Å². The van der Waals surface area contributed by atoms with Crippen LogP contribution in [0.25, 0.3) is 0 Å². The van der Waals surface area contributed by atoms with E-state index in [2.05, 4.69) is 10.6 Å². The molecule has 1 aliphatic heterocycles. The molecule has 1 heterocycles. The number of benzene rings is 1. The topological polar surface area (TPSA) is 91.0 Å². The first kappa shape index (κ1) is 23.5. The molecule has 1 aromatic rings. The number of anilines is 1. The molecule has 1 aliphatic rings. The van der Waals surface area contributed by atoms with Crippen LogP contribution in [0.4, 0.5) is 15.3 Å². The summed E-state index contributed by atoms with van der Waals surface area (Å²) in [5.41, 5.74) is 1.52. The molecule has 1 saturated heterocycles. The van der Waals surface area contributed by atoms with E-state index in [1.54, 1.807) is 42.1 Å². The molecule has 0 saturated carbocycles. The lowest BCUT2D eigenvalue weighted by Gasteiger charge is -2.35. The monoisotopic (exact) mass is 418 g/mol. The molecule has 8 heteroatoms. The highest BCUT2D eigenvalue weighted by atomic mass is 16.6. The number of hydrogen-bond donors (Lipinski definition) is 2. The van der Waals surface area contributed by atoms with Crippen LogP contribution < -0.4 is 10.6 Å². The lowest BCUT2D eigenvalue weighted by molar-refractivity contribution is 0.0253. The predicted octanol–water partition coefficient (Wildman–Crippen LogP) is 3.47. The van der Waals surface area contributed by atoms with Crippen molar-refractivity contribution in [3.63, 3.8) is 0 Å². The fraction of sp³-hybridized carbons (Fsp3) is 0.591. The van der Waals surface area contributed by atoms with Gasteiger partial charge >= 0.3 is 12.1 Å². The van der Waals surface area contributed by atoms with E-state index < -0.39 is 5.60 Å². The Morgan fingerprint density at radius 1 is 1.27 bits per heavy atom. The molecule has 1 fully saturated rings. The van der Waals surface area contributed by atoms with Gasteiger partial charge in [0.15, 0.2) is 0 Å². The fourth-order valence-electron chi connectivity index (χ4n) is 3.48. The number of piperidine rings is 1. The lowest BCUT2D eigenvalue weighted by atomic mass is 9.98. The van der Waals surface area contributed by atoms with Crippen LogP contribution in [0.15, 0.2) is 18.2 Å². The Morgan fingerprint density at radius 3 is 2.57 bits per heavy atom. The number of carbonyl (C=O) groups is 3. The van der Waals surface area contributed by atoms with Crippen LogP contribution in [-0.4, -0.2) is 67.2 Å². The van der Waals surface area contributed by atoms with Crippen molar-refractivity contribution in [1.29, 1.82) is 0 Å². The zero-order valence-corrected chi connectivity index (χ0v) is 18.9. The van der Waals surface area contributed by atoms with Crippen molar-refractivity contribution >= 4 is 23.7 Å². The second kappa shape index (κ2) is 9.82. The van der Waals surface area contributed by atoms with Gasteiger partial charge < -0.3 is 25.2 Å². The van der Waals surface area contributed by atoms with Crippen molar-refractivity contribution in [2.45, 2.75) is 46.1 Å². The normalized spacial score (nSPS) is 16.6. The molecule has 0 aromatic heterocycles. The minimum absolute atomic E-state index is 0.163. The summed E-state index contributed by atoms with van der Waals surface area (Å²) < 4.78 is 5.41. The number of likely N-dealkylation sites (tertiary alicyclic amines) is 1.